The minimum absolute atomic E-state index is 0.0397. The van der Waals surface area contributed by atoms with Crippen LogP contribution < -0.4 is 10.6 Å². The first-order valence-electron chi connectivity index (χ1n) is 7.06. The van der Waals surface area contributed by atoms with E-state index in [1.165, 1.54) is 11.3 Å². The molecule has 0 spiro atoms. The number of halogens is 1. The van der Waals surface area contributed by atoms with E-state index < -0.39 is 18.0 Å². The maximum absolute atomic E-state index is 11.9. The number of thiophene rings is 1. The van der Waals surface area contributed by atoms with Gasteiger partial charge >= 0.3 is 12.0 Å². The topological polar surface area (TPSA) is 78.4 Å². The smallest absolute Gasteiger partial charge is 0.326 e. The van der Waals surface area contributed by atoms with E-state index in [0.29, 0.717) is 6.54 Å². The number of nitrogens with one attached hydrogen (secondary N) is 2. The predicted octanol–water partition coefficient (Wildman–Crippen LogP) is 3.34. The van der Waals surface area contributed by atoms with E-state index in [2.05, 4.69) is 26.6 Å². The normalized spacial score (nSPS) is 17.2. The summed E-state index contributed by atoms with van der Waals surface area (Å²) in [5.41, 5.74) is 0. The third-order valence-electron chi connectivity index (χ3n) is 3.72. The van der Waals surface area contributed by atoms with E-state index in [-0.39, 0.29) is 5.92 Å². The minimum Gasteiger partial charge on any atom is -0.480 e. The molecule has 116 valence electrons. The second kappa shape index (κ2) is 7.79. The lowest BCUT2D eigenvalue weighted by atomic mass is 9.84. The maximum atomic E-state index is 11.9. The lowest BCUT2D eigenvalue weighted by Crippen LogP contribution is -2.50. The lowest BCUT2D eigenvalue weighted by Gasteiger charge is -2.28. The zero-order valence-corrected chi connectivity index (χ0v) is 14.0. The fourth-order valence-electron chi connectivity index (χ4n) is 2.65. The molecule has 1 aromatic heterocycles. The molecule has 2 amide bonds. The highest BCUT2D eigenvalue weighted by molar-refractivity contribution is 9.10. The van der Waals surface area contributed by atoms with Crippen LogP contribution in [0.2, 0.25) is 0 Å². The number of carbonyl (C=O) groups excluding carboxylic acids is 1. The Morgan fingerprint density at radius 3 is 2.67 bits per heavy atom. The van der Waals surface area contributed by atoms with Crippen molar-refractivity contribution in [3.8, 4) is 0 Å². The molecule has 1 aliphatic carbocycles. The van der Waals surface area contributed by atoms with Gasteiger partial charge < -0.3 is 15.7 Å². The third-order valence-corrected chi connectivity index (χ3v) is 5.42. The largest absolute Gasteiger partial charge is 0.480 e. The Labute approximate surface area is 136 Å². The van der Waals surface area contributed by atoms with Crippen molar-refractivity contribution in [1.29, 1.82) is 0 Å². The van der Waals surface area contributed by atoms with Gasteiger partial charge in [-0.05, 0) is 40.8 Å². The second-order valence-electron chi connectivity index (χ2n) is 5.27. The van der Waals surface area contributed by atoms with Gasteiger partial charge in [0.25, 0.3) is 0 Å². The summed E-state index contributed by atoms with van der Waals surface area (Å²) in [6.45, 7) is 0.402. The summed E-state index contributed by atoms with van der Waals surface area (Å²) in [6, 6.07) is 0.721. The van der Waals surface area contributed by atoms with Crippen LogP contribution in [0.4, 0.5) is 4.79 Å². The number of aliphatic carboxylic acids is 1. The molecule has 0 aromatic carbocycles. The molecule has 1 fully saturated rings. The highest BCUT2D eigenvalue weighted by Gasteiger charge is 2.30. The van der Waals surface area contributed by atoms with Crippen molar-refractivity contribution < 1.29 is 14.7 Å². The Kier molecular flexibility index (Phi) is 6.05. The molecule has 2 rings (SSSR count). The first kappa shape index (κ1) is 16.3. The molecule has 0 saturated heterocycles. The monoisotopic (exact) mass is 374 g/mol. The standard InChI is InChI=1S/C14H19BrN2O3S/c15-10-6-11(21-8-10)7-16-14(20)17-12(13(18)19)9-4-2-1-3-5-9/h6,8-9,12H,1-5,7H2,(H,18,19)(H2,16,17,20). The van der Waals surface area contributed by atoms with Crippen molar-refractivity contribution >= 4 is 39.3 Å². The zero-order chi connectivity index (χ0) is 15.2. The Bertz CT molecular complexity index is 500. The molecule has 1 atom stereocenters. The summed E-state index contributed by atoms with van der Waals surface area (Å²) in [6.07, 6.45) is 4.98. The van der Waals surface area contributed by atoms with Crippen LogP contribution >= 0.6 is 27.3 Å². The number of carboxylic acids is 1. The quantitative estimate of drug-likeness (QED) is 0.739. The number of amides is 2. The van der Waals surface area contributed by atoms with E-state index in [1.54, 1.807) is 0 Å². The van der Waals surface area contributed by atoms with Crippen molar-refractivity contribution in [3.63, 3.8) is 0 Å². The van der Waals surface area contributed by atoms with Crippen LogP contribution in [0, 0.1) is 5.92 Å². The van der Waals surface area contributed by atoms with Crippen LogP contribution in [0.3, 0.4) is 0 Å². The average Bonchev–Trinajstić information content (AvgIpc) is 2.89. The SMILES string of the molecule is O=C(NCc1cc(Br)cs1)NC(C(=O)O)C1CCCCC1. The molecule has 7 heteroatoms. The Hall–Kier alpha value is -1.08. The van der Waals surface area contributed by atoms with Crippen molar-refractivity contribution in [2.75, 3.05) is 0 Å². The highest BCUT2D eigenvalue weighted by atomic mass is 79.9. The van der Waals surface area contributed by atoms with Crippen LogP contribution in [0.15, 0.2) is 15.9 Å². The van der Waals surface area contributed by atoms with E-state index in [1.807, 2.05) is 11.4 Å². The molecule has 0 radical (unpaired) electrons. The van der Waals surface area contributed by atoms with Gasteiger partial charge in [0.1, 0.15) is 6.04 Å². The molecule has 1 saturated carbocycles. The van der Waals surface area contributed by atoms with Crippen LogP contribution in [0.5, 0.6) is 0 Å². The van der Waals surface area contributed by atoms with Gasteiger partial charge in [0.2, 0.25) is 0 Å². The Morgan fingerprint density at radius 2 is 2.10 bits per heavy atom. The van der Waals surface area contributed by atoms with E-state index in [9.17, 15) is 14.7 Å². The van der Waals surface area contributed by atoms with E-state index >= 15 is 0 Å². The first-order chi connectivity index (χ1) is 10.1. The van der Waals surface area contributed by atoms with Gasteiger partial charge in [-0.1, -0.05) is 19.3 Å². The van der Waals surface area contributed by atoms with Gasteiger partial charge in [-0.25, -0.2) is 9.59 Å². The molecule has 5 nitrogen and oxygen atoms in total. The minimum atomic E-state index is -0.948. The van der Waals surface area contributed by atoms with Crippen molar-refractivity contribution in [2.24, 2.45) is 5.92 Å². The van der Waals surface area contributed by atoms with Crippen molar-refractivity contribution in [2.45, 2.75) is 44.7 Å². The number of carbonyl (C=O) groups is 2. The number of rotatable bonds is 5. The molecule has 3 N–H and O–H groups in total. The molecule has 21 heavy (non-hydrogen) atoms. The number of hydrogen-bond acceptors (Lipinski definition) is 3. The van der Waals surface area contributed by atoms with E-state index in [4.69, 9.17) is 0 Å². The number of hydrogen-bond donors (Lipinski definition) is 3. The maximum Gasteiger partial charge on any atom is 0.326 e. The summed E-state index contributed by atoms with van der Waals surface area (Å²) >= 11 is 4.89. The van der Waals surface area contributed by atoms with Crippen LogP contribution in [0.1, 0.15) is 37.0 Å². The fraction of sp³-hybridized carbons (Fsp3) is 0.571. The summed E-state index contributed by atoms with van der Waals surface area (Å²) in [7, 11) is 0. The molecule has 1 unspecified atom stereocenters. The average molecular weight is 375 g/mol. The van der Waals surface area contributed by atoms with Crippen LogP contribution in [0.25, 0.3) is 0 Å². The van der Waals surface area contributed by atoms with Gasteiger partial charge in [0, 0.05) is 14.7 Å². The van der Waals surface area contributed by atoms with Crippen molar-refractivity contribution in [1.82, 2.24) is 10.6 Å². The van der Waals surface area contributed by atoms with Gasteiger partial charge in [-0.15, -0.1) is 11.3 Å². The van der Waals surface area contributed by atoms with Crippen LogP contribution in [-0.2, 0) is 11.3 Å². The summed E-state index contributed by atoms with van der Waals surface area (Å²) in [4.78, 5) is 24.3. The molecule has 1 aromatic rings. The molecular formula is C14H19BrN2O3S. The number of carboxylic acid groups (broad SMARTS) is 1. The highest BCUT2D eigenvalue weighted by Crippen LogP contribution is 2.26. The summed E-state index contributed by atoms with van der Waals surface area (Å²) in [5, 5.41) is 16.6. The Morgan fingerprint density at radius 1 is 1.38 bits per heavy atom. The summed E-state index contributed by atoms with van der Waals surface area (Å²) in [5.74, 6) is -0.909. The summed E-state index contributed by atoms with van der Waals surface area (Å²) < 4.78 is 0.982. The fourth-order valence-corrected chi connectivity index (χ4v) is 4.05. The van der Waals surface area contributed by atoms with E-state index in [0.717, 1.165) is 41.5 Å². The molecule has 0 aliphatic heterocycles. The first-order valence-corrected chi connectivity index (χ1v) is 8.73. The van der Waals surface area contributed by atoms with Gasteiger partial charge in [-0.3, -0.25) is 0 Å². The predicted molar refractivity (Wildman–Crippen MR) is 85.4 cm³/mol. The van der Waals surface area contributed by atoms with Crippen LogP contribution in [-0.4, -0.2) is 23.1 Å². The zero-order valence-electron chi connectivity index (χ0n) is 11.6. The Balaban J connectivity index is 1.84. The number of urea groups is 1. The lowest BCUT2D eigenvalue weighted by molar-refractivity contribution is -0.141. The van der Waals surface area contributed by atoms with Gasteiger partial charge in [-0.2, -0.15) is 0 Å². The van der Waals surface area contributed by atoms with Gasteiger partial charge in [0.15, 0.2) is 0 Å². The molecule has 1 aliphatic rings. The molecule has 1 heterocycles. The molecular weight excluding hydrogens is 356 g/mol. The molecule has 0 bridgehead atoms. The third kappa shape index (κ3) is 5.00. The second-order valence-corrected chi connectivity index (χ2v) is 7.18. The van der Waals surface area contributed by atoms with Gasteiger partial charge in [0.05, 0.1) is 6.54 Å². The van der Waals surface area contributed by atoms with Crippen molar-refractivity contribution in [3.05, 3.63) is 20.8 Å².